The van der Waals surface area contributed by atoms with Crippen LogP contribution in [-0.4, -0.2) is 32.4 Å². The van der Waals surface area contributed by atoms with Gasteiger partial charge in [0, 0.05) is 36.5 Å². The fraction of sp³-hybridized carbons (Fsp3) is 0.120. The second-order valence-corrected chi connectivity index (χ2v) is 8.66. The minimum absolute atomic E-state index is 0.213. The number of carbonyl (C=O) groups excluding carboxylic acids is 1. The summed E-state index contributed by atoms with van der Waals surface area (Å²) < 4.78 is 27.2. The number of imidazole rings is 1. The molecule has 2 N–H and O–H groups in total. The maximum atomic E-state index is 13.8. The van der Waals surface area contributed by atoms with E-state index in [1.165, 1.54) is 18.2 Å². The van der Waals surface area contributed by atoms with E-state index in [2.05, 4.69) is 15.3 Å². The first-order chi connectivity index (χ1) is 16.6. The minimum Gasteiger partial charge on any atom is -0.352 e. The molecule has 0 aliphatic rings. The van der Waals surface area contributed by atoms with Crippen molar-refractivity contribution in [2.75, 3.05) is 6.54 Å². The van der Waals surface area contributed by atoms with Gasteiger partial charge in [-0.25, -0.2) is 19.3 Å². The highest BCUT2D eigenvalue weighted by Gasteiger charge is 2.16. The number of halogens is 2. The molecule has 6 nitrogen and oxygen atoms in total. The van der Waals surface area contributed by atoms with E-state index >= 15 is 0 Å². The van der Waals surface area contributed by atoms with Crippen molar-refractivity contribution >= 4 is 28.3 Å². The molecule has 0 radical (unpaired) electrons. The summed E-state index contributed by atoms with van der Waals surface area (Å²) in [5.41, 5.74) is 3.21. The largest absolute Gasteiger partial charge is 0.352 e. The molecule has 5 aromatic rings. The predicted molar refractivity (Wildman–Crippen MR) is 127 cm³/mol. The van der Waals surface area contributed by atoms with Crippen LogP contribution in [0.4, 0.5) is 8.78 Å². The van der Waals surface area contributed by atoms with Crippen molar-refractivity contribution < 1.29 is 13.6 Å². The number of carbonyl (C=O) groups is 1. The van der Waals surface area contributed by atoms with Crippen molar-refractivity contribution in [3.05, 3.63) is 89.3 Å². The predicted octanol–water partition coefficient (Wildman–Crippen LogP) is 5.39. The topological polar surface area (TPSA) is 83.6 Å². The Bertz CT molecular complexity index is 1450. The van der Waals surface area contributed by atoms with E-state index in [4.69, 9.17) is 9.97 Å². The third kappa shape index (κ3) is 4.69. The monoisotopic (exact) mass is 475 g/mol. The Morgan fingerprint density at radius 3 is 2.53 bits per heavy atom. The van der Waals surface area contributed by atoms with Crippen molar-refractivity contribution in [2.45, 2.75) is 12.8 Å². The summed E-state index contributed by atoms with van der Waals surface area (Å²) in [4.78, 5) is 29.9. The maximum absolute atomic E-state index is 13.8. The summed E-state index contributed by atoms with van der Waals surface area (Å²) in [7, 11) is 0. The van der Waals surface area contributed by atoms with Crippen LogP contribution >= 0.6 is 11.3 Å². The van der Waals surface area contributed by atoms with Crippen LogP contribution < -0.4 is 5.32 Å². The van der Waals surface area contributed by atoms with E-state index < -0.39 is 0 Å². The van der Waals surface area contributed by atoms with Crippen LogP contribution in [0.2, 0.25) is 0 Å². The average Bonchev–Trinajstić information content (AvgIpc) is 3.53. The van der Waals surface area contributed by atoms with Crippen LogP contribution in [-0.2, 0) is 6.42 Å². The average molecular weight is 476 g/mol. The maximum Gasteiger partial charge on any atom is 0.251 e. The van der Waals surface area contributed by atoms with Gasteiger partial charge in [0.1, 0.15) is 17.3 Å². The lowest BCUT2D eigenvalue weighted by Crippen LogP contribution is -2.24. The Morgan fingerprint density at radius 2 is 1.79 bits per heavy atom. The number of rotatable bonds is 7. The summed E-state index contributed by atoms with van der Waals surface area (Å²) in [6.07, 6.45) is 4.96. The van der Waals surface area contributed by atoms with Gasteiger partial charge >= 0.3 is 0 Å². The standard InChI is InChI=1S/C25H19F2N5OS/c26-17-6-3-15(4-7-17)23-24(20-9-10-21(27)34-20)32-19-14-16(5-8-18(19)31-23)25(33)30-11-1-2-22-28-12-13-29-22/h3-10,12-14H,1-2,11H2,(H,28,29)(H,30,33). The molecule has 0 bridgehead atoms. The SMILES string of the molecule is O=C(NCCCc1ncc[nH]1)c1ccc2nc(-c3ccc(F)cc3)c(-c3ccc(F)s3)nc2c1. The molecule has 2 aromatic carbocycles. The van der Waals surface area contributed by atoms with Gasteiger partial charge in [-0.3, -0.25) is 4.79 Å². The van der Waals surface area contributed by atoms with Crippen LogP contribution in [0.1, 0.15) is 22.6 Å². The van der Waals surface area contributed by atoms with Gasteiger partial charge in [0.05, 0.1) is 21.6 Å². The smallest absolute Gasteiger partial charge is 0.251 e. The normalized spacial score (nSPS) is 11.1. The van der Waals surface area contributed by atoms with E-state index in [1.807, 2.05) is 0 Å². The Balaban J connectivity index is 1.44. The van der Waals surface area contributed by atoms with Gasteiger partial charge in [0.15, 0.2) is 5.13 Å². The van der Waals surface area contributed by atoms with Crippen LogP contribution in [0, 0.1) is 10.9 Å². The fourth-order valence-corrected chi connectivity index (χ4v) is 4.33. The van der Waals surface area contributed by atoms with Crippen molar-refractivity contribution in [1.82, 2.24) is 25.3 Å². The molecular weight excluding hydrogens is 456 g/mol. The first kappa shape index (κ1) is 21.8. The van der Waals surface area contributed by atoms with Gasteiger partial charge in [0.2, 0.25) is 0 Å². The molecule has 0 saturated heterocycles. The van der Waals surface area contributed by atoms with Gasteiger partial charge < -0.3 is 10.3 Å². The summed E-state index contributed by atoms with van der Waals surface area (Å²) >= 11 is 0.954. The van der Waals surface area contributed by atoms with E-state index in [1.54, 1.807) is 48.8 Å². The second-order valence-electron chi connectivity index (χ2n) is 7.63. The molecule has 0 saturated carbocycles. The Kier molecular flexibility index (Phi) is 6.09. The molecule has 1 amide bonds. The molecule has 0 aliphatic heterocycles. The summed E-state index contributed by atoms with van der Waals surface area (Å²) in [6, 6.07) is 14.0. The highest BCUT2D eigenvalue weighted by molar-refractivity contribution is 7.13. The Labute approximate surface area is 197 Å². The lowest BCUT2D eigenvalue weighted by molar-refractivity contribution is 0.0953. The second kappa shape index (κ2) is 9.48. The van der Waals surface area contributed by atoms with Crippen LogP contribution in [0.15, 0.2) is 67.0 Å². The van der Waals surface area contributed by atoms with Crippen molar-refractivity contribution in [3.8, 4) is 21.8 Å². The van der Waals surface area contributed by atoms with Crippen molar-refractivity contribution in [1.29, 1.82) is 0 Å². The first-order valence-corrected chi connectivity index (χ1v) is 11.5. The van der Waals surface area contributed by atoms with Gasteiger partial charge in [-0.05, 0) is 61.0 Å². The first-order valence-electron chi connectivity index (χ1n) is 10.7. The number of benzene rings is 2. The third-order valence-corrected chi connectivity index (χ3v) is 6.16. The van der Waals surface area contributed by atoms with Crippen molar-refractivity contribution in [2.24, 2.45) is 0 Å². The van der Waals surface area contributed by atoms with Gasteiger partial charge in [-0.1, -0.05) is 0 Å². The molecule has 0 spiro atoms. The zero-order chi connectivity index (χ0) is 23.5. The number of hydrogen-bond donors (Lipinski definition) is 2. The molecule has 3 aromatic heterocycles. The van der Waals surface area contributed by atoms with Gasteiger partial charge in [0.25, 0.3) is 5.91 Å². The lowest BCUT2D eigenvalue weighted by Gasteiger charge is -2.10. The number of fused-ring (bicyclic) bond motifs is 1. The summed E-state index contributed by atoms with van der Waals surface area (Å²) in [6.45, 7) is 0.506. The molecule has 170 valence electrons. The van der Waals surface area contributed by atoms with Crippen LogP contribution in [0.25, 0.3) is 32.9 Å². The molecule has 34 heavy (non-hydrogen) atoms. The van der Waals surface area contributed by atoms with E-state index in [-0.39, 0.29) is 16.9 Å². The van der Waals surface area contributed by atoms with E-state index in [0.29, 0.717) is 45.0 Å². The molecule has 9 heteroatoms. The van der Waals surface area contributed by atoms with Crippen LogP contribution in [0.3, 0.4) is 0 Å². The number of nitrogens with one attached hydrogen (secondary N) is 2. The minimum atomic E-state index is -0.360. The lowest BCUT2D eigenvalue weighted by atomic mass is 10.1. The molecule has 0 fully saturated rings. The summed E-state index contributed by atoms with van der Waals surface area (Å²) in [5, 5.41) is 2.56. The molecule has 0 aliphatic carbocycles. The molecule has 0 atom stereocenters. The summed E-state index contributed by atoms with van der Waals surface area (Å²) in [5.74, 6) is 0.306. The Hall–Kier alpha value is -3.98. The van der Waals surface area contributed by atoms with E-state index in [9.17, 15) is 13.6 Å². The number of hydrogen-bond acceptors (Lipinski definition) is 5. The van der Waals surface area contributed by atoms with Gasteiger partial charge in [-0.2, -0.15) is 4.39 Å². The highest BCUT2D eigenvalue weighted by atomic mass is 32.1. The Morgan fingerprint density at radius 1 is 0.971 bits per heavy atom. The molecule has 3 heterocycles. The quantitative estimate of drug-likeness (QED) is 0.309. The molecule has 0 unspecified atom stereocenters. The third-order valence-electron chi connectivity index (χ3n) is 5.28. The van der Waals surface area contributed by atoms with E-state index in [0.717, 1.165) is 30.0 Å². The number of aryl methyl sites for hydroxylation is 1. The zero-order valence-electron chi connectivity index (χ0n) is 17.9. The molecular formula is C25H19F2N5OS. The number of H-pyrrole nitrogens is 1. The van der Waals surface area contributed by atoms with Crippen molar-refractivity contribution in [3.63, 3.8) is 0 Å². The zero-order valence-corrected chi connectivity index (χ0v) is 18.7. The fourth-order valence-electron chi connectivity index (χ4n) is 3.61. The number of thiophene rings is 1. The number of amides is 1. The van der Waals surface area contributed by atoms with Gasteiger partial charge in [-0.15, -0.1) is 11.3 Å². The number of nitrogens with zero attached hydrogens (tertiary/aromatic N) is 3. The highest BCUT2D eigenvalue weighted by Crippen LogP contribution is 2.34. The molecule has 5 rings (SSSR count). The number of aromatic amines is 1. The van der Waals surface area contributed by atoms with Crippen LogP contribution in [0.5, 0.6) is 0 Å². The number of aromatic nitrogens is 4.